The first-order chi connectivity index (χ1) is 11.1. The average Bonchev–Trinajstić information content (AvgIpc) is 2.54. The molecular weight excluding hydrogens is 326 g/mol. The number of hydrogen-bond donors (Lipinski definition) is 0. The summed E-state index contributed by atoms with van der Waals surface area (Å²) in [5.41, 5.74) is 2.34. The Labute approximate surface area is 149 Å². The molecule has 0 fully saturated rings. The molecule has 4 nitrogen and oxygen atoms in total. The largest absolute Gasteiger partial charge is 0.482 e. The van der Waals surface area contributed by atoms with E-state index in [2.05, 4.69) is 17.0 Å². The summed E-state index contributed by atoms with van der Waals surface area (Å²) >= 11 is 0. The number of nitrogens with zero attached hydrogens (tertiary/aromatic N) is 1. The normalized spacial score (nSPS) is 10.1. The second-order valence-electron chi connectivity index (χ2n) is 5.55. The summed E-state index contributed by atoms with van der Waals surface area (Å²) in [6.45, 7) is 3.79. The Bertz CT molecular complexity index is 619. The van der Waals surface area contributed by atoms with Crippen molar-refractivity contribution >= 4 is 18.4 Å². The summed E-state index contributed by atoms with van der Waals surface area (Å²) in [7, 11) is 2.00. The van der Waals surface area contributed by atoms with Gasteiger partial charge in [0.15, 0.2) is 6.61 Å². The molecule has 0 heterocycles. The number of hydrogen-bond acceptors (Lipinski definition) is 4. The molecule has 2 rings (SSSR count). The summed E-state index contributed by atoms with van der Waals surface area (Å²) < 4.78 is 10.6. The molecule has 2 aromatic rings. The summed E-state index contributed by atoms with van der Waals surface area (Å²) in [6, 6.07) is 17.8. The zero-order chi connectivity index (χ0) is 16.5. The van der Waals surface area contributed by atoms with E-state index >= 15 is 0 Å². The van der Waals surface area contributed by atoms with Gasteiger partial charge >= 0.3 is 5.97 Å². The van der Waals surface area contributed by atoms with Gasteiger partial charge in [-0.05, 0) is 37.2 Å². The lowest BCUT2D eigenvalue weighted by atomic mass is 10.2. The Kier molecular flexibility index (Phi) is 8.90. The van der Waals surface area contributed by atoms with Gasteiger partial charge < -0.3 is 9.47 Å². The number of esters is 1. The van der Waals surface area contributed by atoms with E-state index in [9.17, 15) is 4.79 Å². The Balaban J connectivity index is 0.00000288. The van der Waals surface area contributed by atoms with Crippen molar-refractivity contribution in [2.45, 2.75) is 13.5 Å². The molecule has 2 aromatic carbocycles. The lowest BCUT2D eigenvalue weighted by Gasteiger charge is -2.16. The Morgan fingerprint density at radius 2 is 1.83 bits per heavy atom. The number of aryl methyl sites for hydroxylation is 1. The molecular formula is C19H24ClNO3. The van der Waals surface area contributed by atoms with Gasteiger partial charge in [0.25, 0.3) is 0 Å². The van der Waals surface area contributed by atoms with Crippen LogP contribution >= 0.6 is 12.4 Å². The van der Waals surface area contributed by atoms with Gasteiger partial charge in [-0.15, -0.1) is 12.4 Å². The van der Waals surface area contributed by atoms with Crippen LogP contribution in [0.2, 0.25) is 0 Å². The monoisotopic (exact) mass is 349 g/mol. The Hall–Kier alpha value is -2.04. The highest BCUT2D eigenvalue weighted by molar-refractivity contribution is 5.85. The van der Waals surface area contributed by atoms with E-state index in [-0.39, 0.29) is 25.0 Å². The third-order valence-corrected chi connectivity index (χ3v) is 3.38. The number of carbonyl (C=O) groups is 1. The van der Waals surface area contributed by atoms with E-state index in [1.54, 1.807) is 0 Å². The minimum atomic E-state index is -0.348. The van der Waals surface area contributed by atoms with Crippen molar-refractivity contribution in [3.8, 4) is 5.75 Å². The first kappa shape index (κ1) is 20.0. The van der Waals surface area contributed by atoms with Crippen molar-refractivity contribution in [2.75, 3.05) is 26.8 Å². The molecule has 0 aliphatic rings. The van der Waals surface area contributed by atoms with Gasteiger partial charge in [0.05, 0.1) is 0 Å². The molecule has 0 saturated carbocycles. The molecule has 0 bridgehead atoms. The molecule has 0 unspecified atom stereocenters. The molecule has 0 N–H and O–H groups in total. The van der Waals surface area contributed by atoms with Gasteiger partial charge in [-0.1, -0.05) is 42.5 Å². The highest BCUT2D eigenvalue weighted by atomic mass is 35.5. The number of rotatable bonds is 8. The van der Waals surface area contributed by atoms with E-state index in [1.165, 1.54) is 5.56 Å². The van der Waals surface area contributed by atoms with E-state index in [0.717, 1.165) is 12.1 Å². The lowest BCUT2D eigenvalue weighted by molar-refractivity contribution is -0.146. The van der Waals surface area contributed by atoms with E-state index < -0.39 is 0 Å². The molecule has 0 radical (unpaired) electrons. The first-order valence-corrected chi connectivity index (χ1v) is 7.71. The smallest absolute Gasteiger partial charge is 0.344 e. The van der Waals surface area contributed by atoms with E-state index in [0.29, 0.717) is 18.9 Å². The number of likely N-dealkylation sites (N-methyl/N-ethyl adjacent to an activating group) is 1. The molecule has 0 atom stereocenters. The molecule has 0 aliphatic carbocycles. The van der Waals surface area contributed by atoms with Crippen molar-refractivity contribution in [1.82, 2.24) is 4.90 Å². The van der Waals surface area contributed by atoms with Gasteiger partial charge in [0, 0.05) is 13.1 Å². The molecule has 5 heteroatoms. The maximum absolute atomic E-state index is 11.7. The van der Waals surface area contributed by atoms with Crippen LogP contribution in [0.1, 0.15) is 11.1 Å². The first-order valence-electron chi connectivity index (χ1n) is 7.71. The van der Waals surface area contributed by atoms with Crippen molar-refractivity contribution in [3.05, 3.63) is 65.7 Å². The van der Waals surface area contributed by atoms with Crippen LogP contribution in [0.3, 0.4) is 0 Å². The van der Waals surface area contributed by atoms with Crippen molar-refractivity contribution < 1.29 is 14.3 Å². The maximum atomic E-state index is 11.7. The molecule has 0 aromatic heterocycles. The fourth-order valence-electron chi connectivity index (χ4n) is 2.18. The third-order valence-electron chi connectivity index (χ3n) is 3.38. The molecule has 0 aliphatic heterocycles. The molecule has 0 saturated heterocycles. The fourth-order valence-corrected chi connectivity index (χ4v) is 2.18. The Morgan fingerprint density at radius 3 is 2.54 bits per heavy atom. The fraction of sp³-hybridized carbons (Fsp3) is 0.316. The zero-order valence-corrected chi connectivity index (χ0v) is 14.9. The predicted molar refractivity (Wildman–Crippen MR) is 97.7 cm³/mol. The zero-order valence-electron chi connectivity index (χ0n) is 14.1. The second kappa shape index (κ2) is 10.7. The topological polar surface area (TPSA) is 38.8 Å². The quantitative estimate of drug-likeness (QED) is 0.684. The molecule has 130 valence electrons. The van der Waals surface area contributed by atoms with Crippen LogP contribution in [-0.2, 0) is 16.1 Å². The number of carbonyl (C=O) groups excluding carboxylic acids is 1. The van der Waals surface area contributed by atoms with Gasteiger partial charge in [0.1, 0.15) is 12.4 Å². The minimum absolute atomic E-state index is 0. The van der Waals surface area contributed by atoms with Crippen molar-refractivity contribution in [2.24, 2.45) is 0 Å². The lowest BCUT2D eigenvalue weighted by Crippen LogP contribution is -2.25. The minimum Gasteiger partial charge on any atom is -0.482 e. The highest BCUT2D eigenvalue weighted by Crippen LogP contribution is 2.12. The highest BCUT2D eigenvalue weighted by Gasteiger charge is 2.06. The third kappa shape index (κ3) is 7.49. The summed E-state index contributed by atoms with van der Waals surface area (Å²) in [5.74, 6) is 0.336. The van der Waals surface area contributed by atoms with Crippen LogP contribution in [0, 0.1) is 6.92 Å². The summed E-state index contributed by atoms with van der Waals surface area (Å²) in [4.78, 5) is 13.8. The van der Waals surface area contributed by atoms with Crippen LogP contribution in [0.5, 0.6) is 5.75 Å². The van der Waals surface area contributed by atoms with Crippen LogP contribution in [0.15, 0.2) is 54.6 Å². The molecule has 0 amide bonds. The predicted octanol–water partition coefficient (Wildman–Crippen LogP) is 3.47. The number of halogens is 1. The van der Waals surface area contributed by atoms with Crippen molar-refractivity contribution in [3.63, 3.8) is 0 Å². The SMILES string of the molecule is Cc1cccc(OCC(=O)OCCN(C)Cc2ccccc2)c1.Cl. The van der Waals surface area contributed by atoms with E-state index in [1.807, 2.05) is 56.4 Å². The van der Waals surface area contributed by atoms with Gasteiger partial charge in [-0.2, -0.15) is 0 Å². The van der Waals surface area contributed by atoms with Crippen LogP contribution < -0.4 is 4.74 Å². The van der Waals surface area contributed by atoms with Gasteiger partial charge in [0.2, 0.25) is 0 Å². The summed E-state index contributed by atoms with van der Waals surface area (Å²) in [6.07, 6.45) is 0. The Morgan fingerprint density at radius 1 is 1.08 bits per heavy atom. The standard InChI is InChI=1S/C19H23NO3.ClH/c1-16-7-6-10-18(13-16)23-15-19(21)22-12-11-20(2)14-17-8-4-3-5-9-17;/h3-10,13H,11-12,14-15H2,1-2H3;1H. The average molecular weight is 350 g/mol. The number of ether oxygens (including phenoxy) is 2. The van der Waals surface area contributed by atoms with E-state index in [4.69, 9.17) is 9.47 Å². The summed E-state index contributed by atoms with van der Waals surface area (Å²) in [5, 5.41) is 0. The van der Waals surface area contributed by atoms with Crippen LogP contribution in [0.25, 0.3) is 0 Å². The second-order valence-corrected chi connectivity index (χ2v) is 5.55. The van der Waals surface area contributed by atoms with Crippen LogP contribution in [0.4, 0.5) is 0 Å². The van der Waals surface area contributed by atoms with Gasteiger partial charge in [-0.3, -0.25) is 4.90 Å². The van der Waals surface area contributed by atoms with Crippen molar-refractivity contribution in [1.29, 1.82) is 0 Å². The van der Waals surface area contributed by atoms with Crippen LogP contribution in [-0.4, -0.2) is 37.7 Å². The number of benzene rings is 2. The molecule has 0 spiro atoms. The maximum Gasteiger partial charge on any atom is 0.344 e. The molecule has 24 heavy (non-hydrogen) atoms. The van der Waals surface area contributed by atoms with Gasteiger partial charge in [-0.25, -0.2) is 4.79 Å².